The molecule has 2 heterocycles. The number of anilines is 2. The molecule has 0 aliphatic heterocycles. The Hall–Kier alpha value is -3.41. The lowest BCUT2D eigenvalue weighted by atomic mass is 10.2. The van der Waals surface area contributed by atoms with Crippen LogP contribution in [0.3, 0.4) is 0 Å². The van der Waals surface area contributed by atoms with E-state index < -0.39 is 15.9 Å². The molecule has 12 heteroatoms. The third-order valence-corrected chi connectivity index (χ3v) is 4.40. The second kappa shape index (κ2) is 7.31. The van der Waals surface area contributed by atoms with E-state index in [1.165, 1.54) is 41.0 Å². The Morgan fingerprint density at radius 1 is 1.32 bits per heavy atom. The van der Waals surface area contributed by atoms with Crippen molar-refractivity contribution in [2.75, 3.05) is 23.4 Å². The summed E-state index contributed by atoms with van der Waals surface area (Å²) in [4.78, 5) is 28.9. The van der Waals surface area contributed by atoms with E-state index in [9.17, 15) is 18.0 Å². The number of rotatable bonds is 6. The van der Waals surface area contributed by atoms with Crippen LogP contribution in [0.1, 0.15) is 0 Å². The van der Waals surface area contributed by atoms with Gasteiger partial charge in [0.25, 0.3) is 5.56 Å². The fraction of sp³-hybridized carbons (Fsp3) is 0.250. The minimum atomic E-state index is -3.53. The molecule has 0 unspecified atom stereocenters. The molecule has 1 aromatic carbocycles. The molecular weight excluding hydrogens is 388 g/mol. The summed E-state index contributed by atoms with van der Waals surface area (Å²) in [5.41, 5.74) is 0.551. The number of nitrogens with zero attached hydrogens (tertiary/aromatic N) is 4. The van der Waals surface area contributed by atoms with Crippen LogP contribution < -0.4 is 20.3 Å². The zero-order valence-electron chi connectivity index (χ0n) is 15.3. The first-order valence-electron chi connectivity index (χ1n) is 8.01. The summed E-state index contributed by atoms with van der Waals surface area (Å²) in [5.74, 6) is -0.187. The van der Waals surface area contributed by atoms with Crippen LogP contribution in [0.25, 0.3) is 11.0 Å². The molecule has 28 heavy (non-hydrogen) atoms. The molecule has 0 saturated heterocycles. The highest BCUT2D eigenvalue weighted by Gasteiger charge is 2.13. The van der Waals surface area contributed by atoms with Crippen molar-refractivity contribution in [1.82, 2.24) is 19.3 Å². The number of carbonyl (C=O) groups excluding carboxylic acids is 1. The molecule has 0 saturated carbocycles. The van der Waals surface area contributed by atoms with Gasteiger partial charge in [0.05, 0.1) is 25.2 Å². The largest absolute Gasteiger partial charge is 0.495 e. The number of benzene rings is 1. The minimum absolute atomic E-state index is 0.179. The summed E-state index contributed by atoms with van der Waals surface area (Å²) in [6, 6.07) is 4.48. The van der Waals surface area contributed by atoms with Gasteiger partial charge in [0, 0.05) is 12.7 Å². The van der Waals surface area contributed by atoms with Crippen molar-refractivity contribution in [3.05, 3.63) is 41.1 Å². The van der Waals surface area contributed by atoms with Gasteiger partial charge in [0.1, 0.15) is 24.0 Å². The van der Waals surface area contributed by atoms with E-state index in [0.717, 1.165) is 6.26 Å². The molecular formula is C16H18N6O5S. The zero-order chi connectivity index (χ0) is 20.5. The number of amides is 1. The van der Waals surface area contributed by atoms with Crippen molar-refractivity contribution < 1.29 is 17.9 Å². The quantitative estimate of drug-likeness (QED) is 0.594. The smallest absolute Gasteiger partial charge is 0.264 e. The molecule has 11 nitrogen and oxygen atoms in total. The number of nitrogens with one attached hydrogen (secondary N) is 2. The Labute approximate surface area is 160 Å². The average molecular weight is 406 g/mol. The lowest BCUT2D eigenvalue weighted by Crippen LogP contribution is -2.27. The molecule has 0 atom stereocenters. The summed E-state index contributed by atoms with van der Waals surface area (Å²) in [7, 11) is -0.470. The maximum absolute atomic E-state index is 12.4. The molecule has 0 aliphatic rings. The first-order valence-corrected chi connectivity index (χ1v) is 9.90. The molecule has 2 aromatic heterocycles. The van der Waals surface area contributed by atoms with Crippen LogP contribution in [0.5, 0.6) is 5.75 Å². The number of ether oxygens (including phenoxy) is 1. The second-order valence-electron chi connectivity index (χ2n) is 6.02. The summed E-state index contributed by atoms with van der Waals surface area (Å²) >= 11 is 0. The van der Waals surface area contributed by atoms with Crippen molar-refractivity contribution >= 4 is 38.3 Å². The van der Waals surface area contributed by atoms with Crippen molar-refractivity contribution in [2.24, 2.45) is 7.05 Å². The number of carbonyl (C=O) groups is 1. The Balaban J connectivity index is 1.81. The highest BCUT2D eigenvalue weighted by Crippen LogP contribution is 2.28. The molecule has 0 bridgehead atoms. The van der Waals surface area contributed by atoms with E-state index in [2.05, 4.69) is 20.1 Å². The Bertz CT molecular complexity index is 1210. The lowest BCUT2D eigenvalue weighted by Gasteiger charge is -2.13. The van der Waals surface area contributed by atoms with Gasteiger partial charge in [-0.3, -0.25) is 23.6 Å². The van der Waals surface area contributed by atoms with Crippen LogP contribution in [-0.4, -0.2) is 47.0 Å². The lowest BCUT2D eigenvalue weighted by molar-refractivity contribution is -0.116. The van der Waals surface area contributed by atoms with E-state index in [1.807, 2.05) is 0 Å². The molecule has 3 rings (SSSR count). The predicted octanol–water partition coefficient (Wildman–Crippen LogP) is 0.149. The fourth-order valence-corrected chi connectivity index (χ4v) is 3.16. The minimum Gasteiger partial charge on any atom is -0.495 e. The Kier molecular flexibility index (Phi) is 5.05. The number of hydrogen-bond donors (Lipinski definition) is 2. The number of sulfonamides is 1. The molecule has 2 N–H and O–H groups in total. The van der Waals surface area contributed by atoms with Crippen LogP contribution in [0.15, 0.2) is 35.5 Å². The molecule has 0 aliphatic carbocycles. The molecule has 0 fully saturated rings. The number of aromatic nitrogens is 4. The van der Waals surface area contributed by atoms with Gasteiger partial charge < -0.3 is 10.1 Å². The molecule has 3 aromatic rings. The van der Waals surface area contributed by atoms with Gasteiger partial charge in [0.2, 0.25) is 15.9 Å². The third-order valence-electron chi connectivity index (χ3n) is 3.81. The molecule has 0 spiro atoms. The highest BCUT2D eigenvalue weighted by molar-refractivity contribution is 7.92. The van der Waals surface area contributed by atoms with Crippen LogP contribution in [0, 0.1) is 0 Å². The van der Waals surface area contributed by atoms with Gasteiger partial charge >= 0.3 is 0 Å². The Morgan fingerprint density at radius 2 is 2.07 bits per heavy atom. The van der Waals surface area contributed by atoms with Gasteiger partial charge in [-0.05, 0) is 18.2 Å². The number of hydrogen-bond acceptors (Lipinski definition) is 7. The predicted molar refractivity (Wildman–Crippen MR) is 103 cm³/mol. The van der Waals surface area contributed by atoms with Crippen LogP contribution in [0.2, 0.25) is 0 Å². The van der Waals surface area contributed by atoms with Crippen molar-refractivity contribution in [2.45, 2.75) is 6.54 Å². The van der Waals surface area contributed by atoms with E-state index in [0.29, 0.717) is 22.5 Å². The van der Waals surface area contributed by atoms with Crippen LogP contribution in [-0.2, 0) is 28.4 Å². The van der Waals surface area contributed by atoms with E-state index in [1.54, 1.807) is 13.1 Å². The summed E-state index contributed by atoms with van der Waals surface area (Å²) in [5, 5.41) is 6.89. The van der Waals surface area contributed by atoms with Crippen molar-refractivity contribution in [3.63, 3.8) is 0 Å². The maximum atomic E-state index is 12.4. The zero-order valence-corrected chi connectivity index (χ0v) is 16.1. The van der Waals surface area contributed by atoms with Gasteiger partial charge in [0.15, 0.2) is 5.65 Å². The van der Waals surface area contributed by atoms with Gasteiger partial charge in [-0.1, -0.05) is 0 Å². The highest BCUT2D eigenvalue weighted by atomic mass is 32.2. The number of fused-ring (bicyclic) bond motifs is 1. The first-order chi connectivity index (χ1) is 13.2. The third kappa shape index (κ3) is 4.11. The first kappa shape index (κ1) is 19.4. The van der Waals surface area contributed by atoms with Gasteiger partial charge in [-0.2, -0.15) is 5.10 Å². The van der Waals surface area contributed by atoms with Crippen LogP contribution in [0.4, 0.5) is 11.4 Å². The van der Waals surface area contributed by atoms with Crippen LogP contribution >= 0.6 is 0 Å². The topological polar surface area (TPSA) is 137 Å². The molecule has 0 radical (unpaired) electrons. The maximum Gasteiger partial charge on any atom is 0.264 e. The average Bonchev–Trinajstić information content (AvgIpc) is 2.98. The van der Waals surface area contributed by atoms with E-state index >= 15 is 0 Å². The normalized spacial score (nSPS) is 11.4. The van der Waals surface area contributed by atoms with E-state index in [4.69, 9.17) is 4.74 Å². The number of methoxy groups -OCH3 is 1. The van der Waals surface area contributed by atoms with E-state index in [-0.39, 0.29) is 17.8 Å². The summed E-state index contributed by atoms with van der Waals surface area (Å²) in [6.45, 7) is -0.266. The van der Waals surface area contributed by atoms with Gasteiger partial charge in [-0.15, -0.1) is 0 Å². The standard InChI is InChI=1S/C16H18N6O5S/c1-21-15-11(7-18-21)16(24)22(9-17-15)8-14(23)19-10-4-5-13(27-2)12(6-10)20-28(3,25)26/h4-7,9,20H,8H2,1-3H3,(H,19,23). The summed E-state index contributed by atoms with van der Waals surface area (Å²) < 4.78 is 33.0. The molecule has 148 valence electrons. The second-order valence-corrected chi connectivity index (χ2v) is 7.77. The van der Waals surface area contributed by atoms with Crippen molar-refractivity contribution in [1.29, 1.82) is 0 Å². The fourth-order valence-electron chi connectivity index (χ4n) is 2.60. The number of aryl methyl sites for hydroxylation is 1. The Morgan fingerprint density at radius 3 is 2.75 bits per heavy atom. The SMILES string of the molecule is COc1ccc(NC(=O)Cn2cnc3c(cnn3C)c2=O)cc1NS(C)(=O)=O. The van der Waals surface area contributed by atoms with Crippen molar-refractivity contribution in [3.8, 4) is 5.75 Å². The van der Waals surface area contributed by atoms with Gasteiger partial charge in [-0.25, -0.2) is 13.4 Å². The monoisotopic (exact) mass is 406 g/mol. The molecule has 1 amide bonds. The summed E-state index contributed by atoms with van der Waals surface area (Å²) in [6.07, 6.45) is 3.67.